The molecule has 2 aromatic rings. The van der Waals surface area contributed by atoms with E-state index in [2.05, 4.69) is 0 Å². The van der Waals surface area contributed by atoms with Gasteiger partial charge < -0.3 is 0 Å². The molecule has 0 bridgehead atoms. The van der Waals surface area contributed by atoms with Gasteiger partial charge in [0.05, 0.1) is 10.5 Å². The molecule has 0 unspecified atom stereocenters. The molecule has 3 N–H and O–H groups in total. The number of nitrogens with two attached hydrogens (primary N) is 1. The predicted molar refractivity (Wildman–Crippen MR) is 83.6 cm³/mol. The highest BCUT2D eigenvalue weighted by Gasteiger charge is 2.31. The van der Waals surface area contributed by atoms with E-state index >= 15 is 0 Å². The van der Waals surface area contributed by atoms with Crippen molar-refractivity contribution in [2.24, 2.45) is 5.14 Å². The van der Waals surface area contributed by atoms with Gasteiger partial charge in [0.2, 0.25) is 10.0 Å². The van der Waals surface area contributed by atoms with Crippen LogP contribution in [0.4, 0.5) is 0 Å². The van der Waals surface area contributed by atoms with Crippen LogP contribution in [0.3, 0.4) is 0 Å². The summed E-state index contributed by atoms with van der Waals surface area (Å²) in [6, 6.07) is 12.5. The molecular formula is C14H14N2O5S2. The van der Waals surface area contributed by atoms with Gasteiger partial charge in [0.15, 0.2) is 0 Å². The number of carbonyl (C=O) groups excluding carboxylic acids is 1. The predicted octanol–water partition coefficient (Wildman–Crippen LogP) is 0.761. The van der Waals surface area contributed by atoms with Gasteiger partial charge >= 0.3 is 0 Å². The minimum absolute atomic E-state index is 0.0648. The molecule has 0 fully saturated rings. The van der Waals surface area contributed by atoms with Gasteiger partial charge in [-0.05, 0) is 31.2 Å². The molecule has 0 aromatic heterocycles. The Kier molecular flexibility index (Phi) is 4.55. The van der Waals surface area contributed by atoms with Gasteiger partial charge in [0.25, 0.3) is 15.9 Å². The summed E-state index contributed by atoms with van der Waals surface area (Å²) in [5, 5.41) is 4.88. The molecule has 1 aliphatic rings. The van der Waals surface area contributed by atoms with Crippen LogP contribution >= 0.6 is 0 Å². The van der Waals surface area contributed by atoms with Crippen molar-refractivity contribution in [2.75, 3.05) is 0 Å². The van der Waals surface area contributed by atoms with Crippen molar-refractivity contribution < 1.29 is 21.6 Å². The molecule has 1 heterocycles. The molecule has 0 spiro atoms. The third kappa shape index (κ3) is 3.95. The second-order valence-electron chi connectivity index (χ2n) is 4.79. The molecule has 0 saturated carbocycles. The van der Waals surface area contributed by atoms with E-state index in [1.54, 1.807) is 24.3 Å². The van der Waals surface area contributed by atoms with Gasteiger partial charge in [-0.1, -0.05) is 29.8 Å². The van der Waals surface area contributed by atoms with Gasteiger partial charge in [0, 0.05) is 0 Å². The molecule has 23 heavy (non-hydrogen) atoms. The Morgan fingerprint density at radius 1 is 1.00 bits per heavy atom. The molecule has 1 aliphatic heterocycles. The van der Waals surface area contributed by atoms with E-state index in [0.29, 0.717) is 0 Å². The Balaban J connectivity index is 0.000000168. The topological polar surface area (TPSA) is 123 Å². The van der Waals surface area contributed by atoms with Crippen LogP contribution < -0.4 is 9.86 Å². The number of amides is 1. The highest BCUT2D eigenvalue weighted by Crippen LogP contribution is 2.20. The van der Waals surface area contributed by atoms with Crippen LogP contribution in [0.5, 0.6) is 0 Å². The second kappa shape index (κ2) is 6.11. The molecule has 7 nitrogen and oxygen atoms in total. The largest absolute Gasteiger partial charge is 0.268 e. The summed E-state index contributed by atoms with van der Waals surface area (Å²) in [6.07, 6.45) is 0. The van der Waals surface area contributed by atoms with Crippen LogP contribution in [0.2, 0.25) is 0 Å². The first kappa shape index (κ1) is 17.1. The average molecular weight is 354 g/mol. The SMILES string of the molecule is Cc1ccc(S(N)(=O)=O)cc1.O=C1NS(=O)(=O)c2ccccc21. The smallest absolute Gasteiger partial charge is 0.266 e. The lowest BCUT2D eigenvalue weighted by atomic mass is 10.2. The van der Waals surface area contributed by atoms with Gasteiger partial charge in [0.1, 0.15) is 4.90 Å². The molecule has 0 saturated heterocycles. The third-order valence-corrected chi connectivity index (χ3v) is 5.32. The van der Waals surface area contributed by atoms with E-state index in [4.69, 9.17) is 5.14 Å². The van der Waals surface area contributed by atoms with Crippen molar-refractivity contribution in [3.05, 3.63) is 59.7 Å². The van der Waals surface area contributed by atoms with Crippen LogP contribution in [0.15, 0.2) is 58.3 Å². The minimum atomic E-state index is -3.55. The van der Waals surface area contributed by atoms with E-state index in [0.717, 1.165) is 5.56 Å². The number of aryl methyl sites for hydroxylation is 1. The van der Waals surface area contributed by atoms with Crippen molar-refractivity contribution in [2.45, 2.75) is 16.7 Å². The maximum atomic E-state index is 11.1. The van der Waals surface area contributed by atoms with Crippen LogP contribution in [0.25, 0.3) is 0 Å². The van der Waals surface area contributed by atoms with Crippen molar-refractivity contribution in [3.8, 4) is 0 Å². The third-order valence-electron chi connectivity index (χ3n) is 3.00. The zero-order chi connectivity index (χ0) is 17.3. The van der Waals surface area contributed by atoms with E-state index in [1.165, 1.54) is 24.3 Å². The number of primary sulfonamides is 1. The number of carbonyl (C=O) groups is 1. The summed E-state index contributed by atoms with van der Waals surface area (Å²) in [6.45, 7) is 1.88. The molecule has 1 amide bonds. The van der Waals surface area contributed by atoms with Crippen LogP contribution in [-0.4, -0.2) is 22.7 Å². The summed E-state index contributed by atoms with van der Waals surface area (Å²) in [5.74, 6) is -0.550. The average Bonchev–Trinajstić information content (AvgIpc) is 2.70. The van der Waals surface area contributed by atoms with E-state index in [1.807, 2.05) is 11.6 Å². The quantitative estimate of drug-likeness (QED) is 0.782. The number of sulfonamides is 2. The second-order valence-corrected chi connectivity index (χ2v) is 8.00. The van der Waals surface area contributed by atoms with Gasteiger partial charge in [-0.2, -0.15) is 0 Å². The first-order chi connectivity index (χ1) is 10.6. The number of rotatable bonds is 1. The molecule has 0 atom stereocenters. The Morgan fingerprint density at radius 2 is 1.57 bits per heavy atom. The zero-order valence-electron chi connectivity index (χ0n) is 12.1. The Labute approximate surface area is 134 Å². The first-order valence-corrected chi connectivity index (χ1v) is 9.40. The number of hydrogen-bond acceptors (Lipinski definition) is 5. The van der Waals surface area contributed by atoms with Crippen molar-refractivity contribution in [3.63, 3.8) is 0 Å². The summed E-state index contributed by atoms with van der Waals surface area (Å²) in [4.78, 5) is 11.2. The lowest BCUT2D eigenvalue weighted by Crippen LogP contribution is -2.20. The Bertz CT molecular complexity index is 949. The highest BCUT2D eigenvalue weighted by molar-refractivity contribution is 7.90. The fourth-order valence-corrected chi connectivity index (χ4v) is 3.54. The van der Waals surface area contributed by atoms with Crippen LogP contribution in [0, 0.1) is 6.92 Å². The summed E-state index contributed by atoms with van der Waals surface area (Å²) in [7, 11) is -7.07. The van der Waals surface area contributed by atoms with Crippen molar-refractivity contribution in [1.82, 2.24) is 4.72 Å². The van der Waals surface area contributed by atoms with Crippen molar-refractivity contribution >= 4 is 26.0 Å². The molecule has 2 aromatic carbocycles. The molecular weight excluding hydrogens is 340 g/mol. The number of nitrogens with one attached hydrogen (secondary N) is 1. The first-order valence-electron chi connectivity index (χ1n) is 6.37. The number of hydrogen-bond donors (Lipinski definition) is 2. The Morgan fingerprint density at radius 3 is 2.09 bits per heavy atom. The summed E-state index contributed by atoms with van der Waals surface area (Å²) >= 11 is 0. The minimum Gasteiger partial charge on any atom is -0.268 e. The summed E-state index contributed by atoms with van der Waals surface area (Å²) < 4.78 is 45.6. The van der Waals surface area contributed by atoms with Gasteiger partial charge in [-0.3, -0.25) is 4.79 Å². The molecule has 122 valence electrons. The maximum absolute atomic E-state index is 11.1. The highest BCUT2D eigenvalue weighted by atomic mass is 32.2. The molecule has 9 heteroatoms. The fraction of sp³-hybridized carbons (Fsp3) is 0.0714. The van der Waals surface area contributed by atoms with E-state index in [-0.39, 0.29) is 15.4 Å². The fourth-order valence-electron chi connectivity index (χ4n) is 1.85. The maximum Gasteiger partial charge on any atom is 0.266 e. The standard InChI is InChI=1S/C7H5NO3S.C7H9NO2S/c9-7-5-3-1-2-4-6(5)12(10,11)8-7;1-6-2-4-7(5-3-6)11(8,9)10/h1-4H,(H,8,9);2-5H,1H3,(H2,8,9,10). The number of benzene rings is 2. The Hall–Kier alpha value is -2.23. The van der Waals surface area contributed by atoms with E-state index in [9.17, 15) is 21.6 Å². The normalized spacial score (nSPS) is 15.1. The van der Waals surface area contributed by atoms with Gasteiger partial charge in [-0.15, -0.1) is 0 Å². The monoisotopic (exact) mass is 354 g/mol. The zero-order valence-corrected chi connectivity index (χ0v) is 13.7. The van der Waals surface area contributed by atoms with Crippen LogP contribution in [-0.2, 0) is 20.0 Å². The lowest BCUT2D eigenvalue weighted by molar-refractivity contribution is 0.0985. The van der Waals surface area contributed by atoms with E-state index < -0.39 is 26.0 Å². The molecule has 0 aliphatic carbocycles. The molecule has 3 rings (SSSR count). The number of fused-ring (bicyclic) bond motifs is 1. The van der Waals surface area contributed by atoms with Gasteiger partial charge in [-0.25, -0.2) is 26.7 Å². The van der Waals surface area contributed by atoms with Crippen LogP contribution in [0.1, 0.15) is 15.9 Å². The van der Waals surface area contributed by atoms with Crippen molar-refractivity contribution in [1.29, 1.82) is 0 Å². The lowest BCUT2D eigenvalue weighted by Gasteiger charge is -1.96. The molecule has 0 radical (unpaired) electrons. The summed E-state index contributed by atoms with van der Waals surface area (Å²) in [5.41, 5.74) is 1.23.